The monoisotopic (exact) mass is 233 g/mol. The van der Waals surface area contributed by atoms with Crippen molar-refractivity contribution in [2.45, 2.75) is 25.4 Å². The zero-order valence-electron chi connectivity index (χ0n) is 9.77. The molecule has 1 atom stereocenters. The fourth-order valence-corrected chi connectivity index (χ4v) is 1.96. The third-order valence-corrected chi connectivity index (χ3v) is 2.96. The lowest BCUT2D eigenvalue weighted by Gasteiger charge is -2.30. The Morgan fingerprint density at radius 3 is 3.12 bits per heavy atom. The lowest BCUT2D eigenvalue weighted by atomic mass is 10.1. The van der Waals surface area contributed by atoms with E-state index >= 15 is 0 Å². The third-order valence-electron chi connectivity index (χ3n) is 2.96. The molecule has 2 heterocycles. The van der Waals surface area contributed by atoms with Crippen molar-refractivity contribution < 1.29 is 9.21 Å². The normalized spacial score (nSPS) is 20.4. The molecule has 5 nitrogen and oxygen atoms in total. The summed E-state index contributed by atoms with van der Waals surface area (Å²) >= 11 is 0. The molecule has 1 fully saturated rings. The van der Waals surface area contributed by atoms with E-state index in [-0.39, 0.29) is 5.91 Å². The highest BCUT2D eigenvalue weighted by molar-refractivity contribution is 5.76. The smallest absolute Gasteiger partial charge is 0.222 e. The molecule has 0 aliphatic carbocycles. The fourth-order valence-electron chi connectivity index (χ4n) is 1.96. The minimum Gasteiger partial charge on any atom is -0.449 e. The van der Waals surface area contributed by atoms with Crippen molar-refractivity contribution in [2.24, 2.45) is 0 Å². The topological polar surface area (TPSA) is 69.3 Å². The second-order valence-electron chi connectivity index (χ2n) is 4.27. The molecule has 90 valence electrons. The zero-order chi connectivity index (χ0) is 12.3. The van der Waals surface area contributed by atoms with Crippen molar-refractivity contribution in [3.63, 3.8) is 0 Å². The van der Waals surface area contributed by atoms with Crippen LogP contribution in [0.2, 0.25) is 0 Å². The summed E-state index contributed by atoms with van der Waals surface area (Å²) < 4.78 is 5.27. The van der Waals surface area contributed by atoms with Crippen molar-refractivity contribution in [1.82, 2.24) is 10.2 Å². The first-order valence-corrected chi connectivity index (χ1v) is 5.65. The van der Waals surface area contributed by atoms with Crippen LogP contribution < -0.4 is 5.32 Å². The van der Waals surface area contributed by atoms with Crippen molar-refractivity contribution in [3.05, 3.63) is 23.7 Å². The van der Waals surface area contributed by atoms with Crippen molar-refractivity contribution in [1.29, 1.82) is 5.26 Å². The molecule has 0 radical (unpaired) electrons. The molecule has 1 N–H and O–H groups in total. The molecule has 0 bridgehead atoms. The molecule has 0 spiro atoms. The van der Waals surface area contributed by atoms with Gasteiger partial charge in [0.25, 0.3) is 0 Å². The molecule has 0 saturated carbocycles. The van der Waals surface area contributed by atoms with E-state index in [1.165, 1.54) is 0 Å². The average molecular weight is 233 g/mol. The zero-order valence-corrected chi connectivity index (χ0v) is 9.77. The number of amides is 1. The van der Waals surface area contributed by atoms with Crippen molar-refractivity contribution in [2.75, 3.05) is 13.6 Å². The number of nitrogens with zero attached hydrogens (tertiary/aromatic N) is 2. The Labute approximate surface area is 100 Å². The number of hydrogen-bond acceptors (Lipinski definition) is 4. The van der Waals surface area contributed by atoms with Gasteiger partial charge in [0.15, 0.2) is 0 Å². The van der Waals surface area contributed by atoms with Gasteiger partial charge >= 0.3 is 0 Å². The van der Waals surface area contributed by atoms with Crippen LogP contribution in [0.4, 0.5) is 0 Å². The van der Waals surface area contributed by atoms with Gasteiger partial charge in [0.2, 0.25) is 11.7 Å². The van der Waals surface area contributed by atoms with E-state index in [1.807, 2.05) is 13.1 Å². The Bertz CT molecular complexity index is 447. The molecule has 5 heteroatoms. The van der Waals surface area contributed by atoms with E-state index in [1.54, 1.807) is 17.0 Å². The van der Waals surface area contributed by atoms with Gasteiger partial charge in [-0.05, 0) is 18.6 Å². The third kappa shape index (κ3) is 2.86. The molecular formula is C12H15N3O2. The molecular weight excluding hydrogens is 218 g/mol. The number of likely N-dealkylation sites (tertiary alicyclic amines) is 1. The van der Waals surface area contributed by atoms with Crippen molar-refractivity contribution in [3.8, 4) is 6.07 Å². The van der Waals surface area contributed by atoms with E-state index in [0.717, 1.165) is 18.7 Å². The van der Waals surface area contributed by atoms with Crippen molar-refractivity contribution >= 4 is 5.91 Å². The molecule has 1 unspecified atom stereocenters. The van der Waals surface area contributed by atoms with Crippen LogP contribution in [0.1, 0.15) is 24.4 Å². The first-order chi connectivity index (χ1) is 8.19. The van der Waals surface area contributed by atoms with E-state index in [0.29, 0.717) is 24.8 Å². The van der Waals surface area contributed by atoms with Gasteiger partial charge in [0, 0.05) is 26.1 Å². The van der Waals surface area contributed by atoms with E-state index in [4.69, 9.17) is 9.68 Å². The molecule has 1 amide bonds. The maximum atomic E-state index is 11.3. The predicted molar refractivity (Wildman–Crippen MR) is 60.9 cm³/mol. The predicted octanol–water partition coefficient (Wildman–Crippen LogP) is 0.862. The summed E-state index contributed by atoms with van der Waals surface area (Å²) in [5.41, 5.74) is 0. The minimum absolute atomic E-state index is 0.202. The van der Waals surface area contributed by atoms with E-state index in [2.05, 4.69) is 5.32 Å². The summed E-state index contributed by atoms with van der Waals surface area (Å²) in [6.07, 6.45) is 1.45. The summed E-state index contributed by atoms with van der Waals surface area (Å²) in [6.45, 7) is 1.32. The van der Waals surface area contributed by atoms with Gasteiger partial charge in [0.05, 0.1) is 6.54 Å². The van der Waals surface area contributed by atoms with Crippen LogP contribution in [-0.2, 0) is 11.3 Å². The number of carbonyl (C=O) groups is 1. The Balaban J connectivity index is 1.82. The Morgan fingerprint density at radius 1 is 1.65 bits per heavy atom. The number of furan rings is 1. The largest absolute Gasteiger partial charge is 0.449 e. The lowest BCUT2D eigenvalue weighted by Crippen LogP contribution is -2.46. The van der Waals surface area contributed by atoms with Gasteiger partial charge in [-0.3, -0.25) is 4.79 Å². The number of piperidine rings is 1. The number of nitriles is 1. The standard InChI is InChI=1S/C12H15N3O2/c1-15-8-9(2-5-12(15)16)14-7-11-4-3-10(6-13)17-11/h3-4,9,14H,2,5,7-8H2,1H3. The van der Waals surface area contributed by atoms with Gasteiger partial charge < -0.3 is 14.6 Å². The first kappa shape index (κ1) is 11.7. The molecule has 0 aromatic carbocycles. The van der Waals surface area contributed by atoms with Crippen LogP contribution in [0.5, 0.6) is 0 Å². The van der Waals surface area contributed by atoms with Gasteiger partial charge in [-0.1, -0.05) is 0 Å². The van der Waals surface area contributed by atoms with Crippen LogP contribution in [0.3, 0.4) is 0 Å². The molecule has 1 saturated heterocycles. The Hall–Kier alpha value is -1.80. The molecule has 2 rings (SSSR count). The highest BCUT2D eigenvalue weighted by atomic mass is 16.3. The Morgan fingerprint density at radius 2 is 2.47 bits per heavy atom. The van der Waals surface area contributed by atoms with E-state index in [9.17, 15) is 4.79 Å². The van der Waals surface area contributed by atoms with Gasteiger partial charge in [0.1, 0.15) is 11.8 Å². The fraction of sp³-hybridized carbons (Fsp3) is 0.500. The minimum atomic E-state index is 0.202. The van der Waals surface area contributed by atoms with Crippen LogP contribution in [0.15, 0.2) is 16.5 Å². The van der Waals surface area contributed by atoms with E-state index < -0.39 is 0 Å². The SMILES string of the molecule is CN1CC(NCc2ccc(C#N)o2)CCC1=O. The van der Waals surface area contributed by atoms with Gasteiger partial charge in [-0.15, -0.1) is 0 Å². The summed E-state index contributed by atoms with van der Waals surface area (Å²) in [7, 11) is 1.82. The lowest BCUT2D eigenvalue weighted by molar-refractivity contribution is -0.132. The second kappa shape index (κ2) is 5.02. The first-order valence-electron chi connectivity index (χ1n) is 5.65. The number of carbonyl (C=O) groups excluding carboxylic acids is 1. The number of nitrogens with one attached hydrogen (secondary N) is 1. The van der Waals surface area contributed by atoms with Gasteiger partial charge in [-0.25, -0.2) is 0 Å². The highest BCUT2D eigenvalue weighted by Crippen LogP contribution is 2.11. The van der Waals surface area contributed by atoms with Crippen LogP contribution in [0, 0.1) is 11.3 Å². The maximum Gasteiger partial charge on any atom is 0.222 e. The van der Waals surface area contributed by atoms with Crippen LogP contribution in [-0.4, -0.2) is 30.4 Å². The Kier molecular flexibility index (Phi) is 3.45. The van der Waals surface area contributed by atoms with Crippen LogP contribution in [0.25, 0.3) is 0 Å². The summed E-state index contributed by atoms with van der Waals surface area (Å²) in [6, 6.07) is 5.71. The number of rotatable bonds is 3. The molecule has 1 aromatic heterocycles. The molecule has 1 aliphatic rings. The van der Waals surface area contributed by atoms with Crippen LogP contribution >= 0.6 is 0 Å². The second-order valence-corrected chi connectivity index (χ2v) is 4.27. The number of likely N-dealkylation sites (N-methyl/N-ethyl adjacent to an activating group) is 1. The number of hydrogen-bond donors (Lipinski definition) is 1. The summed E-state index contributed by atoms with van der Waals surface area (Å²) in [4.78, 5) is 13.0. The average Bonchev–Trinajstić information content (AvgIpc) is 2.79. The molecule has 17 heavy (non-hydrogen) atoms. The maximum absolute atomic E-state index is 11.3. The highest BCUT2D eigenvalue weighted by Gasteiger charge is 2.22. The summed E-state index contributed by atoms with van der Waals surface area (Å²) in [5.74, 6) is 1.28. The summed E-state index contributed by atoms with van der Waals surface area (Å²) in [5, 5.41) is 12.0. The molecule has 1 aliphatic heterocycles. The molecule has 1 aromatic rings. The quantitative estimate of drug-likeness (QED) is 0.840. The van der Waals surface area contributed by atoms with Gasteiger partial charge in [-0.2, -0.15) is 5.26 Å².